The van der Waals surface area contributed by atoms with E-state index in [1.54, 1.807) is 20.2 Å². The Labute approximate surface area is 120 Å². The van der Waals surface area contributed by atoms with Crippen LogP contribution in [-0.2, 0) is 21.3 Å². The van der Waals surface area contributed by atoms with Crippen molar-refractivity contribution in [1.82, 2.24) is 10.0 Å². The molecule has 0 aliphatic carbocycles. The lowest BCUT2D eigenvalue weighted by atomic mass is 9.90. The molecule has 0 aromatic carbocycles. The van der Waals surface area contributed by atoms with Gasteiger partial charge in [-0.1, -0.05) is 13.8 Å². The average Bonchev–Trinajstić information content (AvgIpc) is 2.84. The number of furan rings is 1. The van der Waals surface area contributed by atoms with Crippen LogP contribution < -0.4 is 10.0 Å². The van der Waals surface area contributed by atoms with Crippen molar-refractivity contribution in [3.63, 3.8) is 0 Å². The number of sulfonamides is 1. The van der Waals surface area contributed by atoms with E-state index in [1.807, 2.05) is 13.8 Å². The fourth-order valence-corrected chi connectivity index (χ4v) is 2.79. The minimum Gasteiger partial charge on any atom is -0.447 e. The molecule has 1 aromatic heterocycles. The minimum atomic E-state index is -3.60. The molecule has 116 valence electrons. The highest BCUT2D eigenvalue weighted by atomic mass is 32.2. The van der Waals surface area contributed by atoms with E-state index >= 15 is 0 Å². The second-order valence-electron chi connectivity index (χ2n) is 5.48. The second-order valence-corrected chi connectivity index (χ2v) is 7.18. The van der Waals surface area contributed by atoms with Gasteiger partial charge in [0.25, 0.3) is 10.0 Å². The fourth-order valence-electron chi connectivity index (χ4n) is 1.60. The number of methoxy groups -OCH3 is 1. The molecule has 0 unspecified atom stereocenters. The van der Waals surface area contributed by atoms with Gasteiger partial charge in [-0.2, -0.15) is 0 Å². The zero-order chi connectivity index (χ0) is 15.2. The SMILES string of the molecule is CNCc1ccc(S(=O)(=O)NCC(C)(C)CCOC)o1. The van der Waals surface area contributed by atoms with Gasteiger partial charge < -0.3 is 14.5 Å². The third-order valence-corrected chi connectivity index (χ3v) is 4.25. The zero-order valence-corrected chi connectivity index (χ0v) is 13.3. The van der Waals surface area contributed by atoms with Gasteiger partial charge in [-0.25, -0.2) is 13.1 Å². The molecule has 0 spiro atoms. The van der Waals surface area contributed by atoms with Gasteiger partial charge in [0.15, 0.2) is 0 Å². The van der Waals surface area contributed by atoms with Gasteiger partial charge in [-0.05, 0) is 31.0 Å². The van der Waals surface area contributed by atoms with Crippen LogP contribution in [0.15, 0.2) is 21.6 Å². The summed E-state index contributed by atoms with van der Waals surface area (Å²) in [7, 11) is -0.199. The molecule has 0 amide bonds. The molecule has 0 fully saturated rings. The van der Waals surface area contributed by atoms with Gasteiger partial charge in [0.1, 0.15) is 5.76 Å². The van der Waals surface area contributed by atoms with Crippen molar-refractivity contribution in [3.8, 4) is 0 Å². The van der Waals surface area contributed by atoms with Crippen molar-refractivity contribution in [3.05, 3.63) is 17.9 Å². The summed E-state index contributed by atoms with van der Waals surface area (Å²) in [6, 6.07) is 3.12. The maximum Gasteiger partial charge on any atom is 0.273 e. The normalized spacial score (nSPS) is 12.8. The van der Waals surface area contributed by atoms with Crippen LogP contribution in [0.2, 0.25) is 0 Å². The summed E-state index contributed by atoms with van der Waals surface area (Å²) >= 11 is 0. The molecule has 20 heavy (non-hydrogen) atoms. The largest absolute Gasteiger partial charge is 0.447 e. The minimum absolute atomic E-state index is 0.0507. The Kier molecular flexibility index (Phi) is 6.19. The molecule has 0 radical (unpaired) electrons. The third-order valence-electron chi connectivity index (χ3n) is 2.98. The van der Waals surface area contributed by atoms with Crippen LogP contribution >= 0.6 is 0 Å². The summed E-state index contributed by atoms with van der Waals surface area (Å²) in [5, 5.41) is 2.85. The maximum absolute atomic E-state index is 12.1. The predicted molar refractivity (Wildman–Crippen MR) is 76.9 cm³/mol. The molecule has 0 aliphatic rings. The van der Waals surface area contributed by atoms with Crippen molar-refractivity contribution in [2.45, 2.75) is 31.9 Å². The Morgan fingerprint density at radius 2 is 2.05 bits per heavy atom. The second kappa shape index (κ2) is 7.21. The van der Waals surface area contributed by atoms with Crippen LogP contribution in [0.3, 0.4) is 0 Å². The Hall–Kier alpha value is -0.890. The predicted octanol–water partition coefficient (Wildman–Crippen LogP) is 1.34. The summed E-state index contributed by atoms with van der Waals surface area (Å²) in [6.07, 6.45) is 0.773. The summed E-state index contributed by atoms with van der Waals surface area (Å²) in [5.41, 5.74) is -0.177. The van der Waals surface area contributed by atoms with Crippen LogP contribution in [0.4, 0.5) is 0 Å². The average molecular weight is 304 g/mol. The first-order chi connectivity index (χ1) is 9.30. The van der Waals surface area contributed by atoms with E-state index < -0.39 is 10.0 Å². The van der Waals surface area contributed by atoms with Crippen molar-refractivity contribution in [2.24, 2.45) is 5.41 Å². The van der Waals surface area contributed by atoms with Gasteiger partial charge in [0.05, 0.1) is 6.54 Å². The highest BCUT2D eigenvalue weighted by Gasteiger charge is 2.24. The molecule has 1 rings (SSSR count). The van der Waals surface area contributed by atoms with Crippen LogP contribution in [0.5, 0.6) is 0 Å². The quantitative estimate of drug-likeness (QED) is 0.719. The molecule has 0 bridgehead atoms. The molecular formula is C13H24N2O4S. The number of ether oxygens (including phenoxy) is 1. The molecule has 2 N–H and O–H groups in total. The molecule has 0 atom stereocenters. The highest BCUT2D eigenvalue weighted by Crippen LogP contribution is 2.20. The van der Waals surface area contributed by atoms with Gasteiger partial charge in [-0.15, -0.1) is 0 Å². The zero-order valence-electron chi connectivity index (χ0n) is 12.5. The first kappa shape index (κ1) is 17.2. The number of rotatable bonds is 9. The van der Waals surface area contributed by atoms with Crippen molar-refractivity contribution in [1.29, 1.82) is 0 Å². The van der Waals surface area contributed by atoms with E-state index in [9.17, 15) is 8.42 Å². The van der Waals surface area contributed by atoms with E-state index in [0.717, 1.165) is 6.42 Å². The van der Waals surface area contributed by atoms with Gasteiger partial charge in [-0.3, -0.25) is 0 Å². The Morgan fingerprint density at radius 3 is 2.65 bits per heavy atom. The van der Waals surface area contributed by atoms with Gasteiger partial charge >= 0.3 is 0 Å². The van der Waals surface area contributed by atoms with E-state index in [2.05, 4.69) is 10.0 Å². The lowest BCUT2D eigenvalue weighted by Gasteiger charge is -2.24. The van der Waals surface area contributed by atoms with Crippen molar-refractivity contribution in [2.75, 3.05) is 27.3 Å². The molecule has 7 heteroatoms. The first-order valence-electron chi connectivity index (χ1n) is 6.53. The Bertz CT molecular complexity index is 508. The van der Waals surface area contributed by atoms with Crippen LogP contribution in [0.25, 0.3) is 0 Å². The summed E-state index contributed by atoms with van der Waals surface area (Å²) in [4.78, 5) is 0. The highest BCUT2D eigenvalue weighted by molar-refractivity contribution is 7.89. The molecule has 0 aliphatic heterocycles. The van der Waals surface area contributed by atoms with Crippen LogP contribution in [0.1, 0.15) is 26.0 Å². The van der Waals surface area contributed by atoms with Crippen LogP contribution in [0, 0.1) is 5.41 Å². The molecule has 1 heterocycles. The molecule has 1 aromatic rings. The number of nitrogens with one attached hydrogen (secondary N) is 2. The summed E-state index contributed by atoms with van der Waals surface area (Å²) in [6.45, 7) is 5.41. The summed E-state index contributed by atoms with van der Waals surface area (Å²) in [5.74, 6) is 0.589. The first-order valence-corrected chi connectivity index (χ1v) is 8.01. The number of hydrogen-bond acceptors (Lipinski definition) is 5. The Morgan fingerprint density at radius 1 is 1.35 bits per heavy atom. The molecule has 6 nitrogen and oxygen atoms in total. The van der Waals surface area contributed by atoms with E-state index in [1.165, 1.54) is 6.07 Å². The molecule has 0 saturated carbocycles. The van der Waals surface area contributed by atoms with Crippen LogP contribution in [-0.4, -0.2) is 35.7 Å². The van der Waals surface area contributed by atoms with Crippen molar-refractivity contribution >= 4 is 10.0 Å². The maximum atomic E-state index is 12.1. The lowest BCUT2D eigenvalue weighted by Crippen LogP contribution is -2.34. The van der Waals surface area contributed by atoms with E-state index in [4.69, 9.17) is 9.15 Å². The third kappa shape index (κ3) is 5.24. The lowest BCUT2D eigenvalue weighted by molar-refractivity contribution is 0.153. The summed E-state index contributed by atoms with van der Waals surface area (Å²) < 4.78 is 37.1. The van der Waals surface area contributed by atoms with Gasteiger partial charge in [0.2, 0.25) is 5.09 Å². The van der Waals surface area contributed by atoms with E-state index in [-0.39, 0.29) is 10.5 Å². The van der Waals surface area contributed by atoms with E-state index in [0.29, 0.717) is 25.5 Å². The van der Waals surface area contributed by atoms with Gasteiger partial charge in [0, 0.05) is 20.3 Å². The topological polar surface area (TPSA) is 80.6 Å². The molecular weight excluding hydrogens is 280 g/mol. The monoisotopic (exact) mass is 304 g/mol. The Balaban J connectivity index is 2.64. The van der Waals surface area contributed by atoms with Crippen molar-refractivity contribution < 1.29 is 17.6 Å². The standard InChI is InChI=1S/C13H24N2O4S/c1-13(2,7-8-18-4)10-15-20(16,17)12-6-5-11(19-12)9-14-3/h5-6,14-15H,7-10H2,1-4H3. The molecule has 0 saturated heterocycles. The fraction of sp³-hybridized carbons (Fsp3) is 0.692. The number of hydrogen-bond donors (Lipinski definition) is 2. The smallest absolute Gasteiger partial charge is 0.273 e.